The van der Waals surface area contributed by atoms with Crippen LogP contribution in [0.25, 0.3) is 0 Å². The van der Waals surface area contributed by atoms with Crippen molar-refractivity contribution < 1.29 is 0 Å². The Morgan fingerprint density at radius 1 is 1.06 bits per heavy atom. The number of aromatic nitrogens is 4. The summed E-state index contributed by atoms with van der Waals surface area (Å²) in [6.07, 6.45) is 1.52. The van der Waals surface area contributed by atoms with Crippen molar-refractivity contribution in [3.8, 4) is 0 Å². The van der Waals surface area contributed by atoms with Gasteiger partial charge in [-0.15, -0.1) is 0 Å². The van der Waals surface area contributed by atoms with Gasteiger partial charge in [-0.05, 0) is 31.7 Å². The molecule has 0 bridgehead atoms. The van der Waals surface area contributed by atoms with Crippen molar-refractivity contribution in [2.75, 3.05) is 12.4 Å². The molecular weight excluding hydrogens is 234 g/mol. The summed E-state index contributed by atoms with van der Waals surface area (Å²) in [5.41, 5.74) is 1.92. The average molecular weight is 247 g/mol. The van der Waals surface area contributed by atoms with E-state index < -0.39 is 0 Å². The summed E-state index contributed by atoms with van der Waals surface area (Å²) < 4.78 is 0. The maximum atomic E-state index is 4.36. The normalized spacial score (nSPS) is 10.3. The first-order valence-corrected chi connectivity index (χ1v) is 5.99. The molecule has 0 saturated carbocycles. The minimum Gasteiger partial charge on any atom is -0.373 e. The van der Waals surface area contributed by atoms with Gasteiger partial charge in [-0.1, -0.05) is 0 Å². The predicted molar refractivity (Wildman–Crippen MR) is 67.2 cm³/mol. The Labute approximate surface area is 104 Å². The van der Waals surface area contributed by atoms with E-state index >= 15 is 0 Å². The molecule has 2 aromatic rings. The van der Waals surface area contributed by atoms with Gasteiger partial charge in [0.15, 0.2) is 5.16 Å². The van der Waals surface area contributed by atoms with Crippen LogP contribution in [0.2, 0.25) is 0 Å². The van der Waals surface area contributed by atoms with Crippen LogP contribution in [0, 0.1) is 13.8 Å². The van der Waals surface area contributed by atoms with Gasteiger partial charge in [0.25, 0.3) is 0 Å². The van der Waals surface area contributed by atoms with E-state index in [1.54, 1.807) is 0 Å². The fraction of sp³-hybridized carbons (Fsp3) is 0.273. The highest BCUT2D eigenvalue weighted by molar-refractivity contribution is 7.99. The van der Waals surface area contributed by atoms with E-state index in [4.69, 9.17) is 0 Å². The molecule has 17 heavy (non-hydrogen) atoms. The molecule has 0 aliphatic carbocycles. The van der Waals surface area contributed by atoms with Gasteiger partial charge in [-0.25, -0.2) is 19.9 Å². The molecule has 5 nitrogen and oxygen atoms in total. The van der Waals surface area contributed by atoms with Gasteiger partial charge in [0.1, 0.15) is 17.2 Å². The van der Waals surface area contributed by atoms with Crippen LogP contribution in [0.4, 0.5) is 5.82 Å². The molecule has 0 aliphatic rings. The van der Waals surface area contributed by atoms with E-state index in [2.05, 4.69) is 25.3 Å². The molecule has 0 amide bonds. The van der Waals surface area contributed by atoms with Crippen LogP contribution in [-0.4, -0.2) is 27.0 Å². The van der Waals surface area contributed by atoms with E-state index in [9.17, 15) is 0 Å². The SMILES string of the molecule is CNc1cc(Sc2nc(C)cc(C)n2)ncn1. The van der Waals surface area contributed by atoms with Crippen LogP contribution in [0.3, 0.4) is 0 Å². The lowest BCUT2D eigenvalue weighted by atomic mass is 10.4. The van der Waals surface area contributed by atoms with Gasteiger partial charge in [0, 0.05) is 24.5 Å². The molecule has 0 radical (unpaired) electrons. The highest BCUT2D eigenvalue weighted by atomic mass is 32.2. The topological polar surface area (TPSA) is 63.6 Å². The molecule has 1 N–H and O–H groups in total. The Bertz CT molecular complexity index is 509. The Morgan fingerprint density at radius 3 is 2.41 bits per heavy atom. The molecule has 0 spiro atoms. The van der Waals surface area contributed by atoms with Crippen molar-refractivity contribution in [1.29, 1.82) is 0 Å². The zero-order valence-corrected chi connectivity index (χ0v) is 10.7. The number of nitrogens with one attached hydrogen (secondary N) is 1. The van der Waals surface area contributed by atoms with Gasteiger partial charge in [-0.2, -0.15) is 0 Å². The molecular formula is C11H13N5S. The molecule has 0 fully saturated rings. The fourth-order valence-electron chi connectivity index (χ4n) is 1.36. The van der Waals surface area contributed by atoms with Crippen LogP contribution in [0.5, 0.6) is 0 Å². The quantitative estimate of drug-likeness (QED) is 0.661. The van der Waals surface area contributed by atoms with Crippen molar-refractivity contribution in [3.63, 3.8) is 0 Å². The van der Waals surface area contributed by atoms with Crippen molar-refractivity contribution in [2.24, 2.45) is 0 Å². The molecule has 2 heterocycles. The fourth-order valence-corrected chi connectivity index (χ4v) is 2.20. The minimum atomic E-state index is 0.711. The van der Waals surface area contributed by atoms with Crippen LogP contribution >= 0.6 is 11.8 Å². The van der Waals surface area contributed by atoms with Crippen LogP contribution in [-0.2, 0) is 0 Å². The Balaban J connectivity index is 2.24. The first-order valence-electron chi connectivity index (χ1n) is 5.17. The zero-order valence-electron chi connectivity index (χ0n) is 9.93. The molecule has 0 saturated heterocycles. The van der Waals surface area contributed by atoms with Crippen LogP contribution < -0.4 is 5.32 Å². The third-order valence-electron chi connectivity index (χ3n) is 2.06. The van der Waals surface area contributed by atoms with E-state index in [0.717, 1.165) is 22.2 Å². The third-order valence-corrected chi connectivity index (χ3v) is 2.85. The summed E-state index contributed by atoms with van der Waals surface area (Å²) in [7, 11) is 1.82. The third kappa shape index (κ3) is 3.13. The number of anilines is 1. The molecule has 2 aromatic heterocycles. The van der Waals surface area contributed by atoms with Crippen LogP contribution in [0.15, 0.2) is 28.6 Å². The summed E-state index contributed by atoms with van der Waals surface area (Å²) in [4.78, 5) is 16.9. The number of rotatable bonds is 3. The van der Waals surface area contributed by atoms with Crippen molar-refractivity contribution >= 4 is 17.6 Å². The summed E-state index contributed by atoms with van der Waals surface area (Å²) >= 11 is 1.43. The first-order chi connectivity index (χ1) is 8.17. The first kappa shape index (κ1) is 11.8. The summed E-state index contributed by atoms with van der Waals surface area (Å²) in [5.74, 6) is 0.784. The van der Waals surface area contributed by atoms with Crippen molar-refractivity contribution in [2.45, 2.75) is 24.0 Å². The minimum absolute atomic E-state index is 0.711. The van der Waals surface area contributed by atoms with Gasteiger partial charge in [-0.3, -0.25) is 0 Å². The average Bonchev–Trinajstić information content (AvgIpc) is 2.28. The molecule has 2 rings (SSSR count). The lowest BCUT2D eigenvalue weighted by Gasteiger charge is -2.03. The second-order valence-electron chi connectivity index (χ2n) is 3.53. The Kier molecular flexibility index (Phi) is 3.53. The van der Waals surface area contributed by atoms with Gasteiger partial charge in [0.2, 0.25) is 0 Å². The summed E-state index contributed by atoms with van der Waals surface area (Å²) in [6, 6.07) is 3.81. The highest BCUT2D eigenvalue weighted by Gasteiger charge is 2.04. The molecule has 0 aromatic carbocycles. The second-order valence-corrected chi connectivity index (χ2v) is 4.51. The van der Waals surface area contributed by atoms with E-state index in [0.29, 0.717) is 5.16 Å². The monoisotopic (exact) mass is 247 g/mol. The molecule has 0 unspecified atom stereocenters. The van der Waals surface area contributed by atoms with Gasteiger partial charge in [0.05, 0.1) is 0 Å². The second kappa shape index (κ2) is 5.09. The predicted octanol–water partition coefficient (Wildman–Crippen LogP) is 2.08. The zero-order chi connectivity index (χ0) is 12.3. The number of hydrogen-bond acceptors (Lipinski definition) is 6. The summed E-state index contributed by atoms with van der Waals surface area (Å²) in [6.45, 7) is 3.91. The van der Waals surface area contributed by atoms with Gasteiger partial charge >= 0.3 is 0 Å². The van der Waals surface area contributed by atoms with Crippen molar-refractivity contribution in [3.05, 3.63) is 29.8 Å². The molecule has 0 aliphatic heterocycles. The van der Waals surface area contributed by atoms with E-state index in [1.807, 2.05) is 33.0 Å². The lowest BCUT2D eigenvalue weighted by molar-refractivity contribution is 0.897. The lowest BCUT2D eigenvalue weighted by Crippen LogP contribution is -1.95. The van der Waals surface area contributed by atoms with E-state index in [1.165, 1.54) is 18.1 Å². The van der Waals surface area contributed by atoms with Gasteiger partial charge < -0.3 is 5.32 Å². The molecule has 6 heteroatoms. The summed E-state index contributed by atoms with van der Waals surface area (Å²) in [5, 5.41) is 4.51. The highest BCUT2D eigenvalue weighted by Crippen LogP contribution is 2.23. The maximum Gasteiger partial charge on any atom is 0.194 e. The largest absolute Gasteiger partial charge is 0.373 e. The maximum absolute atomic E-state index is 4.36. The Hall–Kier alpha value is -1.69. The van der Waals surface area contributed by atoms with E-state index in [-0.39, 0.29) is 0 Å². The smallest absolute Gasteiger partial charge is 0.194 e. The Morgan fingerprint density at radius 2 is 1.76 bits per heavy atom. The van der Waals surface area contributed by atoms with Crippen molar-refractivity contribution in [1.82, 2.24) is 19.9 Å². The number of hydrogen-bond donors (Lipinski definition) is 1. The number of aryl methyl sites for hydroxylation is 2. The standard InChI is InChI=1S/C11H13N5S/c1-7-4-8(2)16-11(15-7)17-10-5-9(12-3)13-6-14-10/h4-6H,1-3H3,(H,12,13,14). The molecule has 0 atom stereocenters. The molecule has 88 valence electrons. The van der Waals surface area contributed by atoms with Crippen LogP contribution in [0.1, 0.15) is 11.4 Å². The number of nitrogens with zero attached hydrogens (tertiary/aromatic N) is 4.